The van der Waals surface area contributed by atoms with Crippen molar-refractivity contribution in [3.05, 3.63) is 34.8 Å². The van der Waals surface area contributed by atoms with E-state index in [1.54, 1.807) is 30.1 Å². The quantitative estimate of drug-likeness (QED) is 0.922. The number of carbonyl (C=O) groups is 1. The lowest BCUT2D eigenvalue weighted by atomic mass is 10.2. The molecular formula is C14H20N4O2S. The first-order valence-corrected chi connectivity index (χ1v) is 7.66. The number of alkyl carbamates (subject to hydrolysis) is 1. The Morgan fingerprint density at radius 3 is 2.95 bits per heavy atom. The Bertz CT molecular complexity index is 572. The molecule has 2 aromatic heterocycles. The monoisotopic (exact) mass is 308 g/mol. The molecule has 0 aliphatic rings. The molecule has 2 rings (SSSR count). The standard InChI is InChI=1S/C14H20N4O2S/c1-14(2,3)20-13(19)17-9-11-8-15-10-18(11)6-4-12-16-5-7-21-12/h5,7-8,10H,4,6,9H2,1-3H3,(H,17,19). The summed E-state index contributed by atoms with van der Waals surface area (Å²) in [6.07, 6.45) is 5.75. The molecule has 0 unspecified atom stereocenters. The third kappa shape index (κ3) is 5.18. The molecule has 0 bridgehead atoms. The molecule has 6 nitrogen and oxygen atoms in total. The average molecular weight is 308 g/mol. The molecule has 114 valence electrons. The second-order valence-corrected chi connectivity index (χ2v) is 6.59. The molecule has 0 saturated carbocycles. The highest BCUT2D eigenvalue weighted by atomic mass is 32.1. The number of hydrogen-bond donors (Lipinski definition) is 1. The summed E-state index contributed by atoms with van der Waals surface area (Å²) in [7, 11) is 0. The number of aryl methyl sites for hydroxylation is 2. The Labute approximate surface area is 128 Å². The molecule has 7 heteroatoms. The van der Waals surface area contributed by atoms with Gasteiger partial charge in [0.2, 0.25) is 0 Å². The number of imidazole rings is 1. The van der Waals surface area contributed by atoms with Gasteiger partial charge in [0.1, 0.15) is 5.60 Å². The summed E-state index contributed by atoms with van der Waals surface area (Å²) in [5.41, 5.74) is 0.451. The first-order valence-electron chi connectivity index (χ1n) is 6.78. The Morgan fingerprint density at radius 1 is 1.48 bits per heavy atom. The van der Waals surface area contributed by atoms with Gasteiger partial charge in [0.15, 0.2) is 0 Å². The van der Waals surface area contributed by atoms with E-state index in [4.69, 9.17) is 4.74 Å². The van der Waals surface area contributed by atoms with Crippen LogP contribution in [0.4, 0.5) is 4.79 Å². The van der Waals surface area contributed by atoms with Gasteiger partial charge in [0.25, 0.3) is 0 Å². The van der Waals surface area contributed by atoms with Gasteiger partial charge in [-0.15, -0.1) is 11.3 Å². The van der Waals surface area contributed by atoms with Crippen LogP contribution in [0.1, 0.15) is 31.5 Å². The van der Waals surface area contributed by atoms with Gasteiger partial charge < -0.3 is 14.6 Å². The Morgan fingerprint density at radius 2 is 2.29 bits per heavy atom. The number of hydrogen-bond acceptors (Lipinski definition) is 5. The summed E-state index contributed by atoms with van der Waals surface area (Å²) in [6, 6.07) is 0. The van der Waals surface area contributed by atoms with E-state index < -0.39 is 11.7 Å². The van der Waals surface area contributed by atoms with E-state index in [9.17, 15) is 4.79 Å². The molecule has 0 spiro atoms. The largest absolute Gasteiger partial charge is 0.444 e. The fourth-order valence-corrected chi connectivity index (χ4v) is 2.38. The molecule has 0 aromatic carbocycles. The minimum Gasteiger partial charge on any atom is -0.444 e. The summed E-state index contributed by atoms with van der Waals surface area (Å²) in [5.74, 6) is 0. The van der Waals surface area contributed by atoms with Crippen molar-refractivity contribution in [2.75, 3.05) is 0 Å². The second kappa shape index (κ2) is 6.71. The van der Waals surface area contributed by atoms with Crippen molar-refractivity contribution in [2.24, 2.45) is 0 Å². The molecule has 2 heterocycles. The number of thiazole rings is 1. The van der Waals surface area contributed by atoms with Gasteiger partial charge in [0.05, 0.1) is 23.6 Å². The summed E-state index contributed by atoms with van der Waals surface area (Å²) >= 11 is 1.64. The summed E-state index contributed by atoms with van der Waals surface area (Å²) in [6.45, 7) is 6.70. The van der Waals surface area contributed by atoms with E-state index in [1.807, 2.05) is 30.7 Å². The molecule has 0 aliphatic heterocycles. The molecule has 0 radical (unpaired) electrons. The number of ether oxygens (including phenoxy) is 1. The van der Waals surface area contributed by atoms with Crippen LogP contribution in [-0.4, -0.2) is 26.2 Å². The van der Waals surface area contributed by atoms with Gasteiger partial charge in [-0.3, -0.25) is 0 Å². The van der Waals surface area contributed by atoms with Crippen molar-refractivity contribution in [1.82, 2.24) is 19.9 Å². The maximum atomic E-state index is 11.6. The van der Waals surface area contributed by atoms with Crippen LogP contribution >= 0.6 is 11.3 Å². The van der Waals surface area contributed by atoms with Gasteiger partial charge >= 0.3 is 6.09 Å². The number of amides is 1. The highest BCUT2D eigenvalue weighted by Crippen LogP contribution is 2.09. The fourth-order valence-electron chi connectivity index (χ4n) is 1.77. The maximum Gasteiger partial charge on any atom is 0.407 e. The number of rotatable bonds is 5. The molecule has 0 aliphatic carbocycles. The summed E-state index contributed by atoms with van der Waals surface area (Å²) in [4.78, 5) is 20.0. The van der Waals surface area contributed by atoms with Crippen molar-refractivity contribution in [2.45, 2.75) is 45.9 Å². The van der Waals surface area contributed by atoms with Crippen molar-refractivity contribution in [3.8, 4) is 0 Å². The first kappa shape index (κ1) is 15.5. The SMILES string of the molecule is CC(C)(C)OC(=O)NCc1cncn1CCc1nccs1. The normalized spacial score (nSPS) is 11.4. The van der Waals surface area contributed by atoms with E-state index in [0.717, 1.165) is 23.7 Å². The van der Waals surface area contributed by atoms with E-state index >= 15 is 0 Å². The number of nitrogens with one attached hydrogen (secondary N) is 1. The molecule has 21 heavy (non-hydrogen) atoms. The smallest absolute Gasteiger partial charge is 0.407 e. The Hall–Kier alpha value is -1.89. The summed E-state index contributed by atoms with van der Waals surface area (Å²) < 4.78 is 7.22. The van der Waals surface area contributed by atoms with Crippen molar-refractivity contribution < 1.29 is 9.53 Å². The lowest BCUT2D eigenvalue weighted by Gasteiger charge is -2.19. The minimum atomic E-state index is -0.491. The molecule has 1 amide bonds. The third-order valence-electron chi connectivity index (χ3n) is 2.66. The van der Waals surface area contributed by atoms with Crippen LogP contribution in [0.5, 0.6) is 0 Å². The molecule has 0 saturated heterocycles. The van der Waals surface area contributed by atoms with Crippen LogP contribution in [0.2, 0.25) is 0 Å². The van der Waals surface area contributed by atoms with Crippen LogP contribution < -0.4 is 5.32 Å². The Kier molecular flexibility index (Phi) is 4.95. The van der Waals surface area contributed by atoms with Gasteiger partial charge in [-0.1, -0.05) is 0 Å². The zero-order chi connectivity index (χ0) is 15.3. The molecule has 0 atom stereocenters. The van der Waals surface area contributed by atoms with Crippen molar-refractivity contribution >= 4 is 17.4 Å². The van der Waals surface area contributed by atoms with Crippen LogP contribution in [0.15, 0.2) is 24.1 Å². The second-order valence-electron chi connectivity index (χ2n) is 5.61. The molecule has 2 aromatic rings. The van der Waals surface area contributed by atoms with Gasteiger partial charge in [-0.2, -0.15) is 0 Å². The topological polar surface area (TPSA) is 69.0 Å². The summed E-state index contributed by atoms with van der Waals surface area (Å²) in [5, 5.41) is 5.80. The van der Waals surface area contributed by atoms with E-state index in [2.05, 4.69) is 15.3 Å². The maximum absolute atomic E-state index is 11.6. The van der Waals surface area contributed by atoms with E-state index in [-0.39, 0.29) is 0 Å². The Balaban J connectivity index is 1.84. The van der Waals surface area contributed by atoms with Gasteiger partial charge in [0, 0.05) is 30.7 Å². The zero-order valence-corrected chi connectivity index (χ0v) is 13.3. The van der Waals surface area contributed by atoms with Gasteiger partial charge in [-0.05, 0) is 20.8 Å². The minimum absolute atomic E-state index is 0.396. The number of aromatic nitrogens is 3. The van der Waals surface area contributed by atoms with E-state index in [1.165, 1.54) is 0 Å². The van der Waals surface area contributed by atoms with Crippen LogP contribution in [0.25, 0.3) is 0 Å². The van der Waals surface area contributed by atoms with Crippen LogP contribution in [0.3, 0.4) is 0 Å². The predicted octanol–water partition coefficient (Wildman–Crippen LogP) is 2.61. The molecule has 1 N–H and O–H groups in total. The lowest BCUT2D eigenvalue weighted by molar-refractivity contribution is 0.0522. The molecular weight excluding hydrogens is 288 g/mol. The predicted molar refractivity (Wildman–Crippen MR) is 81.1 cm³/mol. The lowest BCUT2D eigenvalue weighted by Crippen LogP contribution is -2.32. The van der Waals surface area contributed by atoms with Crippen molar-refractivity contribution in [3.63, 3.8) is 0 Å². The molecule has 0 fully saturated rings. The average Bonchev–Trinajstić information content (AvgIpc) is 3.03. The number of nitrogens with zero attached hydrogens (tertiary/aromatic N) is 3. The highest BCUT2D eigenvalue weighted by molar-refractivity contribution is 7.09. The third-order valence-corrected chi connectivity index (χ3v) is 3.50. The fraction of sp³-hybridized carbons (Fsp3) is 0.500. The highest BCUT2D eigenvalue weighted by Gasteiger charge is 2.16. The zero-order valence-electron chi connectivity index (χ0n) is 12.5. The van der Waals surface area contributed by atoms with Crippen LogP contribution in [-0.2, 0) is 24.2 Å². The van der Waals surface area contributed by atoms with E-state index in [0.29, 0.717) is 6.54 Å². The first-order chi connectivity index (χ1) is 9.94. The van der Waals surface area contributed by atoms with Gasteiger partial charge in [-0.25, -0.2) is 14.8 Å². The van der Waals surface area contributed by atoms with Crippen molar-refractivity contribution in [1.29, 1.82) is 0 Å². The number of carbonyl (C=O) groups excluding carboxylic acids is 1. The van der Waals surface area contributed by atoms with Crippen LogP contribution in [0, 0.1) is 0 Å².